The van der Waals surface area contributed by atoms with E-state index in [0.29, 0.717) is 24.1 Å². The van der Waals surface area contributed by atoms with E-state index in [9.17, 15) is 22.8 Å². The number of fused-ring (bicyclic) bond motifs is 1. The van der Waals surface area contributed by atoms with Crippen LogP contribution < -0.4 is 15.6 Å². The molecule has 1 saturated carbocycles. The molecule has 1 aliphatic rings. The quantitative estimate of drug-likeness (QED) is 0.385. The average Bonchev–Trinajstić information content (AvgIpc) is 2.89. The van der Waals surface area contributed by atoms with Gasteiger partial charge in [-0.3, -0.25) is 9.59 Å². The van der Waals surface area contributed by atoms with Crippen molar-refractivity contribution in [3.8, 4) is 0 Å². The summed E-state index contributed by atoms with van der Waals surface area (Å²) < 4.78 is 26.8. The average molecular weight is 541 g/mol. The van der Waals surface area contributed by atoms with Crippen LogP contribution in [0.5, 0.6) is 0 Å². The molecule has 10 heteroatoms. The number of carbonyl (C=O) groups excluding carboxylic acids is 2. The van der Waals surface area contributed by atoms with Crippen LogP contribution in [0.25, 0.3) is 10.9 Å². The van der Waals surface area contributed by atoms with Crippen LogP contribution in [0.2, 0.25) is 0 Å². The van der Waals surface area contributed by atoms with Gasteiger partial charge in [0, 0.05) is 18.9 Å². The van der Waals surface area contributed by atoms with Gasteiger partial charge in [-0.15, -0.1) is 0 Å². The number of sulfonamides is 1. The molecule has 0 aliphatic heterocycles. The molecule has 3 aromatic rings. The van der Waals surface area contributed by atoms with Crippen molar-refractivity contribution in [1.82, 2.24) is 20.0 Å². The zero-order valence-electron chi connectivity index (χ0n) is 21.9. The summed E-state index contributed by atoms with van der Waals surface area (Å²) in [5.74, 6) is 0.800. The molecule has 2 aromatic carbocycles. The van der Waals surface area contributed by atoms with Gasteiger partial charge in [-0.1, -0.05) is 44.5 Å². The first-order valence-corrected chi connectivity index (χ1v) is 14.5. The van der Waals surface area contributed by atoms with Gasteiger partial charge in [0.05, 0.1) is 22.1 Å². The summed E-state index contributed by atoms with van der Waals surface area (Å²) in [5, 5.41) is 3.38. The van der Waals surface area contributed by atoms with Crippen molar-refractivity contribution in [3.05, 3.63) is 70.8 Å². The smallest absolute Gasteiger partial charge is 0.328 e. The number of benzene rings is 2. The lowest BCUT2D eigenvalue weighted by Crippen LogP contribution is -2.45. The second kappa shape index (κ2) is 13.9. The molecule has 1 heterocycles. The molecule has 0 saturated heterocycles. The van der Waals surface area contributed by atoms with Gasteiger partial charge in [-0.05, 0) is 67.9 Å². The van der Waals surface area contributed by atoms with Gasteiger partial charge in [-0.25, -0.2) is 22.9 Å². The lowest BCUT2D eigenvalue weighted by Gasteiger charge is -2.26. The van der Waals surface area contributed by atoms with Gasteiger partial charge >= 0.3 is 6.03 Å². The number of nitrogens with one attached hydrogen (secondary N) is 3. The summed E-state index contributed by atoms with van der Waals surface area (Å²) in [5.41, 5.74) is 1.42. The number of H-pyrrole nitrogens is 1. The first kappa shape index (κ1) is 29.0. The molecule has 0 bridgehead atoms. The molecule has 0 atom stereocenters. The predicted molar refractivity (Wildman–Crippen MR) is 147 cm³/mol. The molecule has 9 nitrogen and oxygen atoms in total. The van der Waals surface area contributed by atoms with Crippen molar-refractivity contribution in [2.24, 2.45) is 5.92 Å². The number of carbonyl (C=O) groups is 2. The third-order valence-electron chi connectivity index (χ3n) is 6.57. The van der Waals surface area contributed by atoms with Crippen LogP contribution in [0.3, 0.4) is 0 Å². The van der Waals surface area contributed by atoms with Crippen molar-refractivity contribution < 1.29 is 18.0 Å². The molecule has 2 amide bonds. The fourth-order valence-corrected chi connectivity index (χ4v) is 5.21. The van der Waals surface area contributed by atoms with Gasteiger partial charge in [0.2, 0.25) is 0 Å². The summed E-state index contributed by atoms with van der Waals surface area (Å²) in [6, 6.07) is 12.7. The number of urea groups is 1. The summed E-state index contributed by atoms with van der Waals surface area (Å²) in [6.07, 6.45) is 7.90. The van der Waals surface area contributed by atoms with E-state index in [1.807, 2.05) is 25.1 Å². The van der Waals surface area contributed by atoms with E-state index in [2.05, 4.69) is 26.9 Å². The molecular formula is C28H36N4O5S. The lowest BCUT2D eigenvalue weighted by molar-refractivity contribution is -0.118. The van der Waals surface area contributed by atoms with Crippen LogP contribution in [-0.2, 0) is 21.2 Å². The Morgan fingerprint density at radius 3 is 2.37 bits per heavy atom. The minimum atomic E-state index is -3.93. The van der Waals surface area contributed by atoms with Crippen LogP contribution in [0.4, 0.5) is 4.79 Å². The van der Waals surface area contributed by atoms with E-state index >= 15 is 0 Å². The number of hydrogen-bond acceptors (Lipinski definition) is 6. The van der Waals surface area contributed by atoms with E-state index in [4.69, 9.17) is 0 Å². The number of aromatic nitrogens is 2. The normalized spacial score (nSPS) is 17.2. The Hall–Kier alpha value is -3.53. The number of rotatable bonds is 8. The van der Waals surface area contributed by atoms with E-state index in [-0.39, 0.29) is 22.3 Å². The molecule has 0 unspecified atom stereocenters. The number of unbranched alkanes of at least 4 members (excludes halogenated alkanes) is 1. The van der Waals surface area contributed by atoms with Crippen molar-refractivity contribution in [2.75, 3.05) is 0 Å². The fraction of sp³-hybridized carbons (Fsp3) is 0.429. The molecule has 0 radical (unpaired) electrons. The monoisotopic (exact) mass is 540 g/mol. The summed E-state index contributed by atoms with van der Waals surface area (Å²) in [7, 11) is -3.93. The first-order valence-electron chi connectivity index (χ1n) is 13.0. The van der Waals surface area contributed by atoms with Gasteiger partial charge in [-0.2, -0.15) is 0 Å². The minimum absolute atomic E-state index is 0.0136. The number of nitrogens with zero attached hydrogens (tertiary/aromatic N) is 1. The zero-order valence-corrected chi connectivity index (χ0v) is 22.7. The maximum atomic E-state index is 12.4. The Labute approximate surface area is 223 Å². The molecule has 1 fully saturated rings. The highest BCUT2D eigenvalue weighted by Crippen LogP contribution is 2.23. The first-order chi connectivity index (χ1) is 18.2. The third kappa shape index (κ3) is 8.79. The zero-order chi connectivity index (χ0) is 27.5. The minimum Gasteiger partial charge on any atom is -0.335 e. The Balaban J connectivity index is 0.000000299. The largest absolute Gasteiger partial charge is 0.335 e. The maximum absolute atomic E-state index is 12.4. The van der Waals surface area contributed by atoms with E-state index in [1.165, 1.54) is 18.5 Å². The number of aromatic amines is 1. The molecule has 1 aliphatic carbocycles. The highest BCUT2D eigenvalue weighted by Gasteiger charge is 2.23. The van der Waals surface area contributed by atoms with Crippen LogP contribution in [0, 0.1) is 5.92 Å². The lowest BCUT2D eigenvalue weighted by atomic mass is 9.87. The number of para-hydroxylation sites is 1. The summed E-state index contributed by atoms with van der Waals surface area (Å²) >= 11 is 0. The summed E-state index contributed by atoms with van der Waals surface area (Å²) in [6.45, 7) is 4.21. The van der Waals surface area contributed by atoms with E-state index in [1.54, 1.807) is 18.2 Å². The Morgan fingerprint density at radius 1 is 1.03 bits per heavy atom. The van der Waals surface area contributed by atoms with Crippen LogP contribution >= 0.6 is 0 Å². The number of ketones is 1. The fourth-order valence-electron chi connectivity index (χ4n) is 4.29. The van der Waals surface area contributed by atoms with Crippen molar-refractivity contribution in [3.63, 3.8) is 0 Å². The molecule has 38 heavy (non-hydrogen) atoms. The van der Waals surface area contributed by atoms with Gasteiger partial charge in [0.15, 0.2) is 0 Å². The molecule has 1 aromatic heterocycles. The van der Waals surface area contributed by atoms with Crippen molar-refractivity contribution in [2.45, 2.75) is 76.2 Å². The van der Waals surface area contributed by atoms with Crippen molar-refractivity contribution >= 4 is 32.7 Å². The van der Waals surface area contributed by atoms with Crippen LogP contribution in [-0.4, -0.2) is 36.2 Å². The number of hydrogen-bond donors (Lipinski definition) is 3. The molecule has 4 rings (SSSR count). The highest BCUT2D eigenvalue weighted by molar-refractivity contribution is 7.90. The van der Waals surface area contributed by atoms with Gasteiger partial charge in [0.1, 0.15) is 5.78 Å². The summed E-state index contributed by atoms with van der Waals surface area (Å²) in [4.78, 5) is 41.5. The van der Waals surface area contributed by atoms with E-state index in [0.717, 1.165) is 49.6 Å². The standard InChI is InChI=1S/C20H30N2O4S.C8H6N2O/c1-3-4-5-18(23)14-16-8-12-19(13-9-16)27(25,26)22-20(24)21-17-10-6-15(2)7-11-17;11-8-6-3-1-2-4-7(6)9-5-10-8/h8-9,12-13,15,17H,3-7,10-11,14H2,1-2H3,(H2,21,22,24);1-5H,(H,9,10,11). The van der Waals surface area contributed by atoms with Gasteiger partial charge in [0.25, 0.3) is 15.6 Å². The highest BCUT2D eigenvalue weighted by atomic mass is 32.2. The maximum Gasteiger partial charge on any atom is 0.328 e. The molecule has 204 valence electrons. The number of Topliss-reactive ketones (excluding diaryl/α,β-unsaturated/α-hetero) is 1. The van der Waals surface area contributed by atoms with Crippen molar-refractivity contribution in [1.29, 1.82) is 0 Å². The van der Waals surface area contributed by atoms with Crippen LogP contribution in [0.1, 0.15) is 64.4 Å². The Kier molecular flexibility index (Phi) is 10.6. The third-order valence-corrected chi connectivity index (χ3v) is 7.92. The topological polar surface area (TPSA) is 138 Å². The van der Waals surface area contributed by atoms with Crippen LogP contribution in [0.15, 0.2) is 64.5 Å². The predicted octanol–water partition coefficient (Wildman–Crippen LogP) is 4.48. The number of amides is 2. The molecule has 0 spiro atoms. The Morgan fingerprint density at radius 2 is 1.71 bits per heavy atom. The second-order valence-corrected chi connectivity index (χ2v) is 11.4. The molecular weight excluding hydrogens is 504 g/mol. The molecule has 3 N–H and O–H groups in total. The second-order valence-electron chi connectivity index (χ2n) is 9.75. The Bertz CT molecular complexity index is 1370. The SMILES string of the molecule is CCCCC(=O)Cc1ccc(S(=O)(=O)NC(=O)NC2CCC(C)CC2)cc1.O=c1[nH]cnc2ccccc12. The van der Waals surface area contributed by atoms with E-state index < -0.39 is 16.1 Å². The van der Waals surface area contributed by atoms with Gasteiger partial charge < -0.3 is 10.3 Å².